The number of carbonyl (C=O) groups excluding carboxylic acids is 2. The zero-order chi connectivity index (χ0) is 37.5. The number of ether oxygens (including phenoxy) is 2. The van der Waals surface area contributed by atoms with Crippen LogP contribution in [0.2, 0.25) is 0 Å². The lowest BCUT2D eigenvalue weighted by Crippen LogP contribution is -2.56. The minimum atomic E-state index is -1.33. The zero-order valence-electron chi connectivity index (χ0n) is 31.1. The molecule has 4 aromatic rings. The molecule has 11 nitrogen and oxygen atoms in total. The summed E-state index contributed by atoms with van der Waals surface area (Å²) in [4.78, 5) is 52.6. The first-order chi connectivity index (χ1) is 24.7. The number of anilines is 1. The number of carboxylic acids is 1. The average Bonchev–Trinajstić information content (AvgIpc) is 3.40. The summed E-state index contributed by atoms with van der Waals surface area (Å²) in [6.07, 6.45) is 0.574. The third-order valence-electron chi connectivity index (χ3n) is 10.4. The molecule has 1 saturated carbocycles. The van der Waals surface area contributed by atoms with Gasteiger partial charge in [-0.05, 0) is 54.9 Å². The van der Waals surface area contributed by atoms with Crippen LogP contribution in [0.4, 0.5) is 5.69 Å². The molecule has 2 aliphatic rings. The van der Waals surface area contributed by atoms with Gasteiger partial charge in [0.15, 0.2) is 0 Å². The molecule has 3 N–H and O–H groups in total. The van der Waals surface area contributed by atoms with Gasteiger partial charge in [0, 0.05) is 34.5 Å². The van der Waals surface area contributed by atoms with Crippen LogP contribution in [0.5, 0.6) is 11.5 Å². The summed E-state index contributed by atoms with van der Waals surface area (Å²) >= 11 is 1.52. The second kappa shape index (κ2) is 14.4. The summed E-state index contributed by atoms with van der Waals surface area (Å²) in [5.74, 6) is -0.483. The summed E-state index contributed by atoms with van der Waals surface area (Å²) < 4.78 is 12.4. The van der Waals surface area contributed by atoms with Gasteiger partial charge in [0.25, 0.3) is 0 Å². The molecule has 1 aliphatic heterocycles. The molecule has 5 atom stereocenters. The van der Waals surface area contributed by atoms with E-state index in [1.54, 1.807) is 12.0 Å². The Balaban J connectivity index is 1.38. The largest absolute Gasteiger partial charge is 0.496 e. The minimum absolute atomic E-state index is 0.125. The number of hydrogen-bond acceptors (Lipinski definition) is 9. The molecule has 1 saturated heterocycles. The number of aliphatic carboxylic acids is 1. The predicted molar refractivity (Wildman–Crippen MR) is 203 cm³/mol. The predicted octanol–water partition coefficient (Wildman–Crippen LogP) is 7.04. The standard InChI is InChI=1S/C40H49N5O6S/c1-9-24-19-40(24,38(48)49)44-35(46)30-17-26(20-45(30)37(47)34(39(5,6)7)41-25-13-11-10-12-14-25)51-32-18-28(36-43-29(21-52-36)22(2)3)42-33-23(4)31(50-8)16-15-27(32)33/h10-16,18,21-22,24,26,30,34,41H,9,17,19-20H2,1-8H3,(H,44,46)(H,48,49). The summed E-state index contributed by atoms with van der Waals surface area (Å²) in [5.41, 5.74) is 2.09. The lowest BCUT2D eigenvalue weighted by atomic mass is 9.85. The number of hydrogen-bond donors (Lipinski definition) is 3. The Morgan fingerprint density at radius 3 is 2.42 bits per heavy atom. The number of fused-ring (bicyclic) bond motifs is 1. The molecule has 2 fully saturated rings. The van der Waals surface area contributed by atoms with Gasteiger partial charge in [-0.25, -0.2) is 14.8 Å². The Bertz CT molecular complexity index is 1970. The van der Waals surface area contributed by atoms with E-state index in [2.05, 4.69) is 24.5 Å². The third kappa shape index (κ3) is 7.17. The number of pyridine rings is 1. The minimum Gasteiger partial charge on any atom is -0.496 e. The highest BCUT2D eigenvalue weighted by atomic mass is 32.1. The lowest BCUT2D eigenvalue weighted by molar-refractivity contribution is -0.146. The maximum absolute atomic E-state index is 14.6. The molecule has 0 bridgehead atoms. The van der Waals surface area contributed by atoms with Crippen LogP contribution in [0.1, 0.15) is 78.0 Å². The van der Waals surface area contributed by atoms with Gasteiger partial charge in [0.1, 0.15) is 45.9 Å². The number of likely N-dealkylation sites (tertiary alicyclic amines) is 1. The monoisotopic (exact) mass is 727 g/mol. The van der Waals surface area contributed by atoms with Crippen LogP contribution in [-0.2, 0) is 14.4 Å². The Kier molecular flexibility index (Phi) is 10.2. The van der Waals surface area contributed by atoms with Crippen molar-refractivity contribution in [3.63, 3.8) is 0 Å². The van der Waals surface area contributed by atoms with Crippen molar-refractivity contribution in [1.29, 1.82) is 0 Å². The van der Waals surface area contributed by atoms with Gasteiger partial charge in [-0.2, -0.15) is 0 Å². The summed E-state index contributed by atoms with van der Waals surface area (Å²) in [6.45, 7) is 14.1. The highest BCUT2D eigenvalue weighted by Gasteiger charge is 2.61. The number of aromatic nitrogens is 2. The molecule has 1 aliphatic carbocycles. The fourth-order valence-electron chi connectivity index (χ4n) is 7.14. The van der Waals surface area contributed by atoms with Crippen LogP contribution in [0.15, 0.2) is 53.9 Å². The van der Waals surface area contributed by atoms with E-state index in [9.17, 15) is 19.5 Å². The molecule has 2 aromatic carbocycles. The fraction of sp³-hybridized carbons (Fsp3) is 0.475. The Morgan fingerprint density at radius 2 is 1.83 bits per heavy atom. The third-order valence-corrected chi connectivity index (χ3v) is 11.2. The molecule has 52 heavy (non-hydrogen) atoms. The molecule has 12 heteroatoms. The first-order valence-corrected chi connectivity index (χ1v) is 18.8. The number of nitrogens with one attached hydrogen (secondary N) is 2. The number of nitrogens with zero attached hydrogens (tertiary/aromatic N) is 3. The van der Waals surface area contributed by atoms with Gasteiger partial charge in [-0.1, -0.05) is 66.2 Å². The number of benzene rings is 2. The first-order valence-electron chi connectivity index (χ1n) is 17.9. The topological polar surface area (TPSA) is 143 Å². The molecule has 2 amide bonds. The van der Waals surface area contributed by atoms with E-state index >= 15 is 0 Å². The normalized spacial score (nSPS) is 21.9. The molecule has 2 aromatic heterocycles. The van der Waals surface area contributed by atoms with E-state index in [0.717, 1.165) is 27.3 Å². The van der Waals surface area contributed by atoms with Gasteiger partial charge < -0.3 is 30.1 Å². The van der Waals surface area contributed by atoms with Crippen molar-refractivity contribution in [3.05, 3.63) is 65.2 Å². The van der Waals surface area contributed by atoms with Crippen molar-refractivity contribution in [3.8, 4) is 22.2 Å². The van der Waals surface area contributed by atoms with Crippen LogP contribution in [-0.4, -0.2) is 75.1 Å². The smallest absolute Gasteiger partial charge is 0.329 e. The van der Waals surface area contributed by atoms with Crippen LogP contribution >= 0.6 is 11.3 Å². The highest BCUT2D eigenvalue weighted by Crippen LogP contribution is 2.46. The number of carboxylic acid groups (broad SMARTS) is 1. The summed E-state index contributed by atoms with van der Waals surface area (Å²) in [5, 5.41) is 20.0. The fourth-order valence-corrected chi connectivity index (χ4v) is 8.08. The highest BCUT2D eigenvalue weighted by molar-refractivity contribution is 7.13. The molecule has 3 heterocycles. The SMILES string of the molecule is CCC1CC1(NC(=O)C1CC(Oc2cc(-c3nc(C(C)C)cs3)nc3c(C)c(OC)ccc23)CN1C(=O)C(Nc1ccccc1)C(C)(C)C)C(=O)O. The van der Waals surface area contributed by atoms with Crippen molar-refractivity contribution >= 4 is 45.7 Å². The van der Waals surface area contributed by atoms with E-state index in [1.807, 2.05) is 88.5 Å². The molecule has 0 radical (unpaired) electrons. The molecule has 0 spiro atoms. The number of carbonyl (C=O) groups is 3. The molecular formula is C40H49N5O6S. The van der Waals surface area contributed by atoms with E-state index in [1.165, 1.54) is 11.3 Å². The Hall–Kier alpha value is -4.71. The first kappa shape index (κ1) is 37.1. The molecular weight excluding hydrogens is 679 g/mol. The van der Waals surface area contributed by atoms with Gasteiger partial charge in [-0.3, -0.25) is 9.59 Å². The number of para-hydroxylation sites is 1. The van der Waals surface area contributed by atoms with Crippen LogP contribution < -0.4 is 20.1 Å². The van der Waals surface area contributed by atoms with Crippen LogP contribution in [0, 0.1) is 18.3 Å². The Morgan fingerprint density at radius 1 is 1.10 bits per heavy atom. The van der Waals surface area contributed by atoms with Gasteiger partial charge >= 0.3 is 5.97 Å². The van der Waals surface area contributed by atoms with Crippen LogP contribution in [0.25, 0.3) is 21.6 Å². The second-order valence-electron chi connectivity index (χ2n) is 15.4. The van der Waals surface area contributed by atoms with E-state index in [4.69, 9.17) is 19.4 Å². The van der Waals surface area contributed by atoms with Gasteiger partial charge in [0.2, 0.25) is 11.8 Å². The zero-order valence-corrected chi connectivity index (χ0v) is 32.0. The average molecular weight is 728 g/mol. The molecule has 5 unspecified atom stereocenters. The van der Waals surface area contributed by atoms with Crippen molar-refractivity contribution in [1.82, 2.24) is 20.2 Å². The Labute approximate surface area is 309 Å². The van der Waals surface area contributed by atoms with Crippen molar-refractivity contribution < 1.29 is 29.0 Å². The van der Waals surface area contributed by atoms with Crippen molar-refractivity contribution in [2.75, 3.05) is 19.0 Å². The quantitative estimate of drug-likeness (QED) is 0.140. The number of amides is 2. The number of aryl methyl sites for hydroxylation is 1. The van der Waals surface area contributed by atoms with Gasteiger partial charge in [0.05, 0.1) is 24.9 Å². The van der Waals surface area contributed by atoms with E-state index < -0.39 is 41.0 Å². The van der Waals surface area contributed by atoms with Crippen LogP contribution in [0.3, 0.4) is 0 Å². The second-order valence-corrected chi connectivity index (χ2v) is 16.3. The van der Waals surface area contributed by atoms with E-state index in [-0.39, 0.29) is 30.7 Å². The van der Waals surface area contributed by atoms with Crippen molar-refractivity contribution in [2.24, 2.45) is 11.3 Å². The number of thiazole rings is 1. The lowest BCUT2D eigenvalue weighted by Gasteiger charge is -2.36. The molecule has 276 valence electrons. The van der Waals surface area contributed by atoms with Crippen molar-refractivity contribution in [2.45, 2.75) is 97.4 Å². The van der Waals surface area contributed by atoms with Gasteiger partial charge in [-0.15, -0.1) is 11.3 Å². The molecule has 6 rings (SSSR count). The summed E-state index contributed by atoms with van der Waals surface area (Å²) in [6, 6.07) is 13.5. The summed E-state index contributed by atoms with van der Waals surface area (Å²) in [7, 11) is 1.62. The van der Waals surface area contributed by atoms with E-state index in [0.29, 0.717) is 35.6 Å². The maximum Gasteiger partial charge on any atom is 0.329 e. The maximum atomic E-state index is 14.6. The number of rotatable bonds is 12. The number of methoxy groups -OCH3 is 1.